The van der Waals surface area contributed by atoms with Gasteiger partial charge < -0.3 is 10.1 Å². The molecule has 1 aliphatic rings. The van der Waals surface area contributed by atoms with Crippen LogP contribution in [0.2, 0.25) is 5.02 Å². The number of carbonyl (C=O) groups is 1. The van der Waals surface area contributed by atoms with Crippen LogP contribution in [0.25, 0.3) is 0 Å². The maximum Gasteiger partial charge on any atom is 0.219 e. The van der Waals surface area contributed by atoms with Crippen LogP contribution >= 0.6 is 11.6 Å². The molecule has 4 nitrogen and oxygen atoms in total. The fraction of sp³-hybridized carbons (Fsp3) is 0.562. The van der Waals surface area contributed by atoms with Crippen LogP contribution < -0.4 is 5.32 Å². The lowest BCUT2D eigenvalue weighted by Crippen LogP contribution is -2.46. The minimum absolute atomic E-state index is 0.0567. The van der Waals surface area contributed by atoms with Gasteiger partial charge in [-0.05, 0) is 19.1 Å². The second kappa shape index (κ2) is 7.90. The van der Waals surface area contributed by atoms with Gasteiger partial charge in [0.15, 0.2) is 0 Å². The molecular formula is C16H22ClFN2O2. The van der Waals surface area contributed by atoms with Gasteiger partial charge in [-0.3, -0.25) is 9.69 Å². The van der Waals surface area contributed by atoms with Gasteiger partial charge in [-0.15, -0.1) is 0 Å². The zero-order valence-corrected chi connectivity index (χ0v) is 13.7. The van der Waals surface area contributed by atoms with Crippen molar-refractivity contribution in [2.24, 2.45) is 0 Å². The van der Waals surface area contributed by atoms with Gasteiger partial charge in [0.2, 0.25) is 5.91 Å². The highest BCUT2D eigenvalue weighted by molar-refractivity contribution is 6.31. The molecule has 122 valence electrons. The van der Waals surface area contributed by atoms with Crippen molar-refractivity contribution in [2.45, 2.75) is 32.4 Å². The third-order valence-corrected chi connectivity index (χ3v) is 4.19. The summed E-state index contributed by atoms with van der Waals surface area (Å²) in [6.07, 6.45) is 0.473. The topological polar surface area (TPSA) is 41.6 Å². The number of hydrogen-bond donors (Lipinski definition) is 1. The van der Waals surface area contributed by atoms with Crippen LogP contribution in [0.5, 0.6) is 0 Å². The second-order valence-electron chi connectivity index (χ2n) is 5.49. The van der Waals surface area contributed by atoms with E-state index in [0.717, 1.165) is 0 Å². The summed E-state index contributed by atoms with van der Waals surface area (Å²) in [6.45, 7) is 6.05. The first kappa shape index (κ1) is 17.2. The van der Waals surface area contributed by atoms with E-state index in [2.05, 4.69) is 10.2 Å². The summed E-state index contributed by atoms with van der Waals surface area (Å²) in [5.74, 6) is -0.402. The first-order valence-electron chi connectivity index (χ1n) is 7.59. The van der Waals surface area contributed by atoms with Crippen molar-refractivity contribution in [1.29, 1.82) is 0 Å². The van der Waals surface area contributed by atoms with Crippen molar-refractivity contribution in [3.63, 3.8) is 0 Å². The molecule has 0 aliphatic carbocycles. The smallest absolute Gasteiger partial charge is 0.219 e. The SMILES string of the molecule is CCC(=O)NC[C@H](c1c(F)cccc1Cl)N1CCO[C@H](C)C1. The van der Waals surface area contributed by atoms with E-state index in [1.54, 1.807) is 19.1 Å². The van der Waals surface area contributed by atoms with E-state index >= 15 is 0 Å². The molecule has 1 N–H and O–H groups in total. The van der Waals surface area contributed by atoms with E-state index < -0.39 is 0 Å². The largest absolute Gasteiger partial charge is 0.376 e. The van der Waals surface area contributed by atoms with E-state index in [1.165, 1.54) is 6.07 Å². The Morgan fingerprint density at radius 1 is 1.59 bits per heavy atom. The van der Waals surface area contributed by atoms with Crippen molar-refractivity contribution < 1.29 is 13.9 Å². The van der Waals surface area contributed by atoms with Crippen LogP contribution in [-0.2, 0) is 9.53 Å². The summed E-state index contributed by atoms with van der Waals surface area (Å²) in [6, 6.07) is 4.37. The number of ether oxygens (including phenoxy) is 1. The van der Waals surface area contributed by atoms with Crippen molar-refractivity contribution in [3.8, 4) is 0 Å². The number of carbonyl (C=O) groups excluding carboxylic acids is 1. The Labute approximate surface area is 135 Å². The molecule has 1 aromatic rings. The molecule has 1 aliphatic heterocycles. The molecule has 0 spiro atoms. The Morgan fingerprint density at radius 2 is 2.36 bits per heavy atom. The summed E-state index contributed by atoms with van der Waals surface area (Å²) in [7, 11) is 0. The molecule has 1 amide bonds. The highest BCUT2D eigenvalue weighted by atomic mass is 35.5. The van der Waals surface area contributed by atoms with Gasteiger partial charge in [0, 0.05) is 36.6 Å². The quantitative estimate of drug-likeness (QED) is 0.903. The third-order valence-electron chi connectivity index (χ3n) is 3.86. The molecule has 0 aromatic heterocycles. The number of halogens is 2. The molecule has 1 heterocycles. The van der Waals surface area contributed by atoms with Gasteiger partial charge in [-0.1, -0.05) is 24.6 Å². The maximum atomic E-state index is 14.3. The molecule has 1 fully saturated rings. The summed E-state index contributed by atoms with van der Waals surface area (Å²) in [4.78, 5) is 13.7. The molecular weight excluding hydrogens is 307 g/mol. The minimum atomic E-state index is -0.345. The van der Waals surface area contributed by atoms with E-state index in [-0.39, 0.29) is 23.9 Å². The Morgan fingerprint density at radius 3 is 3.00 bits per heavy atom. The summed E-state index contributed by atoms with van der Waals surface area (Å²) in [5, 5.41) is 3.23. The number of hydrogen-bond acceptors (Lipinski definition) is 3. The van der Waals surface area contributed by atoms with E-state index in [0.29, 0.717) is 43.2 Å². The lowest BCUT2D eigenvalue weighted by molar-refractivity contribution is -0.121. The zero-order valence-electron chi connectivity index (χ0n) is 12.9. The number of amides is 1. The van der Waals surface area contributed by atoms with Crippen molar-refractivity contribution in [3.05, 3.63) is 34.6 Å². The van der Waals surface area contributed by atoms with Gasteiger partial charge in [0.25, 0.3) is 0 Å². The third kappa shape index (κ3) is 4.18. The fourth-order valence-corrected chi connectivity index (χ4v) is 3.00. The summed E-state index contributed by atoms with van der Waals surface area (Å²) < 4.78 is 19.8. The number of nitrogens with one attached hydrogen (secondary N) is 1. The maximum absolute atomic E-state index is 14.3. The van der Waals surface area contributed by atoms with Gasteiger partial charge >= 0.3 is 0 Å². The van der Waals surface area contributed by atoms with Gasteiger partial charge in [-0.2, -0.15) is 0 Å². The molecule has 0 unspecified atom stereocenters. The highest BCUT2D eigenvalue weighted by Crippen LogP contribution is 2.31. The molecule has 6 heteroatoms. The average molecular weight is 329 g/mol. The molecule has 2 atom stereocenters. The monoisotopic (exact) mass is 328 g/mol. The van der Waals surface area contributed by atoms with E-state index in [9.17, 15) is 9.18 Å². The lowest BCUT2D eigenvalue weighted by Gasteiger charge is -2.38. The average Bonchev–Trinajstić information content (AvgIpc) is 2.49. The zero-order chi connectivity index (χ0) is 16.1. The second-order valence-corrected chi connectivity index (χ2v) is 5.89. The van der Waals surface area contributed by atoms with E-state index in [1.807, 2.05) is 6.92 Å². The van der Waals surface area contributed by atoms with Gasteiger partial charge in [0.05, 0.1) is 18.8 Å². The molecule has 0 saturated carbocycles. The minimum Gasteiger partial charge on any atom is -0.376 e. The van der Waals surface area contributed by atoms with Crippen LogP contribution in [0.3, 0.4) is 0 Å². The standard InChI is InChI=1S/C16H22ClFN2O2/c1-3-15(21)19-9-14(20-7-8-22-11(2)10-20)16-12(17)5-4-6-13(16)18/h4-6,11,14H,3,7-10H2,1-2H3,(H,19,21)/t11-,14-/m1/s1. The van der Waals surface area contributed by atoms with E-state index in [4.69, 9.17) is 16.3 Å². The summed E-state index contributed by atoms with van der Waals surface area (Å²) in [5.41, 5.74) is 0.440. The van der Waals surface area contributed by atoms with Crippen molar-refractivity contribution in [2.75, 3.05) is 26.2 Å². The van der Waals surface area contributed by atoms with Crippen LogP contribution in [0.1, 0.15) is 31.9 Å². The Hall–Kier alpha value is -1.17. The van der Waals surface area contributed by atoms with Crippen LogP contribution in [-0.4, -0.2) is 43.2 Å². The van der Waals surface area contributed by atoms with Crippen LogP contribution in [0, 0.1) is 5.82 Å². The Bertz CT molecular complexity index is 507. The number of nitrogens with zero attached hydrogens (tertiary/aromatic N) is 1. The first-order chi connectivity index (χ1) is 10.5. The predicted octanol–water partition coefficient (Wildman–Crippen LogP) is 2.77. The Kier molecular flexibility index (Phi) is 6.17. The molecule has 22 heavy (non-hydrogen) atoms. The van der Waals surface area contributed by atoms with Gasteiger partial charge in [-0.25, -0.2) is 4.39 Å². The normalized spacial score (nSPS) is 20.6. The number of benzene rings is 1. The van der Waals surface area contributed by atoms with Crippen LogP contribution in [0.4, 0.5) is 4.39 Å². The first-order valence-corrected chi connectivity index (χ1v) is 7.97. The fourth-order valence-electron chi connectivity index (χ4n) is 2.71. The molecule has 0 radical (unpaired) electrons. The molecule has 1 saturated heterocycles. The van der Waals surface area contributed by atoms with Crippen LogP contribution in [0.15, 0.2) is 18.2 Å². The highest BCUT2D eigenvalue weighted by Gasteiger charge is 2.29. The molecule has 1 aromatic carbocycles. The number of morpholine rings is 1. The number of rotatable bonds is 5. The molecule has 2 rings (SSSR count). The predicted molar refractivity (Wildman–Crippen MR) is 84.4 cm³/mol. The van der Waals surface area contributed by atoms with Crippen molar-refractivity contribution in [1.82, 2.24) is 10.2 Å². The Balaban J connectivity index is 2.26. The lowest BCUT2D eigenvalue weighted by atomic mass is 10.0. The molecule has 0 bridgehead atoms. The van der Waals surface area contributed by atoms with Gasteiger partial charge in [0.1, 0.15) is 5.82 Å². The van der Waals surface area contributed by atoms with Crippen molar-refractivity contribution >= 4 is 17.5 Å². The summed E-state index contributed by atoms with van der Waals surface area (Å²) >= 11 is 6.22.